The third-order valence-corrected chi connectivity index (χ3v) is 6.89. The summed E-state index contributed by atoms with van der Waals surface area (Å²) in [5, 5.41) is 1.06. The number of rotatable bonds is 6. The predicted octanol–water partition coefficient (Wildman–Crippen LogP) is 5.53. The molecule has 2 aromatic carbocycles. The number of benzene rings is 2. The van der Waals surface area contributed by atoms with E-state index in [0.29, 0.717) is 6.04 Å². The first kappa shape index (κ1) is 20.8. The number of carbonyl (C=O) groups excluding carboxylic acids is 1. The van der Waals surface area contributed by atoms with Crippen LogP contribution in [0.4, 0.5) is 5.69 Å². The number of nitrogens with zero attached hydrogens (tertiary/aromatic N) is 3. The molecule has 1 amide bonds. The van der Waals surface area contributed by atoms with Gasteiger partial charge in [-0.1, -0.05) is 55.6 Å². The molecule has 2 aliphatic rings. The van der Waals surface area contributed by atoms with Crippen molar-refractivity contribution in [3.63, 3.8) is 0 Å². The summed E-state index contributed by atoms with van der Waals surface area (Å²) in [6.45, 7) is 0. The number of anilines is 1. The highest BCUT2D eigenvalue weighted by molar-refractivity contribution is 8.14. The van der Waals surface area contributed by atoms with Gasteiger partial charge in [0.25, 0.3) is 0 Å². The Bertz CT molecular complexity index is 849. The van der Waals surface area contributed by atoms with E-state index in [1.54, 1.807) is 16.7 Å². The Morgan fingerprint density at radius 2 is 1.67 bits per heavy atom. The largest absolute Gasteiger partial charge is 0.457 e. The van der Waals surface area contributed by atoms with Crippen molar-refractivity contribution in [2.24, 2.45) is 4.99 Å². The molecule has 1 saturated heterocycles. The maximum Gasteiger partial charge on any atom is 0.215 e. The molecule has 4 rings (SSSR count). The summed E-state index contributed by atoms with van der Waals surface area (Å²) in [4.78, 5) is 21.0. The maximum atomic E-state index is 12.0. The molecule has 1 aliphatic carbocycles. The van der Waals surface area contributed by atoms with Gasteiger partial charge in [-0.25, -0.2) is 0 Å². The fraction of sp³-hybridized carbons (Fsp3) is 0.417. The van der Waals surface area contributed by atoms with Crippen molar-refractivity contribution in [1.29, 1.82) is 0 Å². The molecule has 0 spiro atoms. The number of hydrogen-bond donors (Lipinski definition) is 0. The van der Waals surface area contributed by atoms with Crippen molar-refractivity contribution in [1.82, 2.24) is 4.90 Å². The molecule has 30 heavy (non-hydrogen) atoms. The Hall–Kier alpha value is -2.47. The van der Waals surface area contributed by atoms with Crippen LogP contribution < -0.4 is 9.64 Å². The third kappa shape index (κ3) is 4.98. The van der Waals surface area contributed by atoms with Crippen molar-refractivity contribution in [2.75, 3.05) is 17.7 Å². The summed E-state index contributed by atoms with van der Waals surface area (Å²) >= 11 is 1.75. The molecule has 0 bridgehead atoms. The van der Waals surface area contributed by atoms with Gasteiger partial charge < -0.3 is 9.64 Å². The number of hydrogen-bond acceptors (Lipinski definition) is 4. The summed E-state index contributed by atoms with van der Waals surface area (Å²) in [6, 6.07) is 17.8. The van der Waals surface area contributed by atoms with Gasteiger partial charge in [0.15, 0.2) is 5.17 Å². The number of ether oxygens (including phenoxy) is 1. The van der Waals surface area contributed by atoms with Gasteiger partial charge in [-0.3, -0.25) is 14.7 Å². The second kappa shape index (κ2) is 10.0. The van der Waals surface area contributed by atoms with Crippen molar-refractivity contribution in [3.8, 4) is 11.5 Å². The second-order valence-electron chi connectivity index (χ2n) is 7.88. The van der Waals surface area contributed by atoms with Gasteiger partial charge in [0, 0.05) is 18.5 Å². The van der Waals surface area contributed by atoms with Crippen LogP contribution in [0.5, 0.6) is 11.5 Å². The molecule has 1 atom stereocenters. The smallest absolute Gasteiger partial charge is 0.215 e. The average molecular weight is 424 g/mol. The van der Waals surface area contributed by atoms with Crippen LogP contribution in [0.2, 0.25) is 0 Å². The van der Waals surface area contributed by atoms with E-state index < -0.39 is 0 Å². The maximum absolute atomic E-state index is 12.0. The molecule has 5 nitrogen and oxygen atoms in total. The lowest BCUT2D eigenvalue weighted by molar-refractivity contribution is -0.108. The number of carbonyl (C=O) groups is 1. The SMILES string of the molecule is CN1C(=NC2CCCCCC2)SCC1N(C=O)c1ccc(Oc2ccccc2)cc1. The van der Waals surface area contributed by atoms with E-state index in [1.807, 2.05) is 61.6 Å². The van der Waals surface area contributed by atoms with Crippen molar-refractivity contribution in [2.45, 2.75) is 50.7 Å². The molecule has 0 radical (unpaired) electrons. The van der Waals surface area contributed by atoms with Crippen LogP contribution in [0.1, 0.15) is 38.5 Å². The third-order valence-electron chi connectivity index (χ3n) is 5.78. The lowest BCUT2D eigenvalue weighted by atomic mass is 10.1. The molecule has 0 N–H and O–H groups in total. The van der Waals surface area contributed by atoms with E-state index in [2.05, 4.69) is 4.90 Å². The predicted molar refractivity (Wildman–Crippen MR) is 124 cm³/mol. The summed E-state index contributed by atoms with van der Waals surface area (Å²) < 4.78 is 5.86. The molecule has 158 valence electrons. The van der Waals surface area contributed by atoms with E-state index in [1.165, 1.54) is 38.5 Å². The minimum atomic E-state index is -0.0297. The van der Waals surface area contributed by atoms with Crippen LogP contribution in [-0.2, 0) is 4.79 Å². The zero-order valence-corrected chi connectivity index (χ0v) is 18.3. The lowest BCUT2D eigenvalue weighted by Gasteiger charge is -2.30. The molecule has 1 heterocycles. The van der Waals surface area contributed by atoms with Crippen LogP contribution in [0, 0.1) is 0 Å². The highest BCUT2D eigenvalue weighted by atomic mass is 32.2. The normalized spacial score (nSPS) is 21.4. The number of aliphatic imine (C=N–C) groups is 1. The molecule has 1 aliphatic heterocycles. The van der Waals surface area contributed by atoms with Gasteiger partial charge in [0.2, 0.25) is 6.41 Å². The first-order valence-corrected chi connectivity index (χ1v) is 11.7. The lowest BCUT2D eigenvalue weighted by Crippen LogP contribution is -2.45. The monoisotopic (exact) mass is 423 g/mol. The minimum absolute atomic E-state index is 0.0297. The van der Waals surface area contributed by atoms with Crippen molar-refractivity contribution < 1.29 is 9.53 Å². The molecule has 6 heteroatoms. The highest BCUT2D eigenvalue weighted by Gasteiger charge is 2.33. The molecule has 0 aromatic heterocycles. The minimum Gasteiger partial charge on any atom is -0.457 e. The molecular formula is C24H29N3O2S. The van der Waals surface area contributed by atoms with Gasteiger partial charge in [-0.2, -0.15) is 0 Å². The second-order valence-corrected chi connectivity index (χ2v) is 8.87. The number of amidine groups is 1. The Morgan fingerprint density at radius 1 is 1.00 bits per heavy atom. The quantitative estimate of drug-likeness (QED) is 0.453. The molecular weight excluding hydrogens is 394 g/mol. The first-order chi connectivity index (χ1) is 14.7. The first-order valence-electron chi connectivity index (χ1n) is 10.7. The van der Waals surface area contributed by atoms with E-state index in [-0.39, 0.29) is 6.17 Å². The molecule has 1 saturated carbocycles. The van der Waals surface area contributed by atoms with Crippen LogP contribution in [0.25, 0.3) is 0 Å². The highest BCUT2D eigenvalue weighted by Crippen LogP contribution is 2.31. The standard InChI is InChI=1S/C24H29N3O2S/c1-26-23(17-30-24(26)25-19-9-5-2-3-6-10-19)27(18-28)20-13-15-22(16-14-20)29-21-11-7-4-8-12-21/h4,7-8,11-16,18-19,23H,2-3,5-6,9-10,17H2,1H3. The molecule has 1 unspecified atom stereocenters. The van der Waals surface area contributed by atoms with Crippen molar-refractivity contribution >= 4 is 29.0 Å². The number of amides is 1. The zero-order valence-electron chi connectivity index (χ0n) is 17.4. The van der Waals surface area contributed by atoms with Crippen LogP contribution in [-0.4, -0.2) is 41.5 Å². The Labute approximate surface area is 183 Å². The van der Waals surface area contributed by atoms with E-state index in [0.717, 1.165) is 34.5 Å². The summed E-state index contributed by atoms with van der Waals surface area (Å²) in [5.74, 6) is 2.37. The van der Waals surface area contributed by atoms with Gasteiger partial charge >= 0.3 is 0 Å². The Kier molecular flexibility index (Phi) is 6.95. The van der Waals surface area contributed by atoms with E-state index in [9.17, 15) is 4.79 Å². The van der Waals surface area contributed by atoms with Gasteiger partial charge in [0.1, 0.15) is 17.7 Å². The van der Waals surface area contributed by atoms with Crippen LogP contribution in [0.15, 0.2) is 59.6 Å². The van der Waals surface area contributed by atoms with E-state index in [4.69, 9.17) is 9.73 Å². The average Bonchev–Trinajstić information content (AvgIpc) is 2.96. The van der Waals surface area contributed by atoms with Crippen LogP contribution in [0.3, 0.4) is 0 Å². The fourth-order valence-electron chi connectivity index (χ4n) is 4.04. The van der Waals surface area contributed by atoms with Crippen molar-refractivity contribution in [3.05, 3.63) is 54.6 Å². The fourth-order valence-corrected chi connectivity index (χ4v) is 5.27. The zero-order chi connectivity index (χ0) is 20.8. The molecule has 2 aromatic rings. The van der Waals surface area contributed by atoms with E-state index >= 15 is 0 Å². The summed E-state index contributed by atoms with van der Waals surface area (Å²) in [6.07, 6.45) is 8.47. The van der Waals surface area contributed by atoms with Gasteiger partial charge in [0.05, 0.1) is 6.04 Å². The summed E-state index contributed by atoms with van der Waals surface area (Å²) in [7, 11) is 2.05. The number of thioether (sulfide) groups is 1. The van der Waals surface area contributed by atoms with Gasteiger partial charge in [-0.05, 0) is 49.2 Å². The Balaban J connectivity index is 1.44. The Morgan fingerprint density at radius 3 is 2.33 bits per heavy atom. The topological polar surface area (TPSA) is 45.1 Å². The summed E-state index contributed by atoms with van der Waals surface area (Å²) in [5.41, 5.74) is 0.860. The molecule has 2 fully saturated rings. The van der Waals surface area contributed by atoms with Crippen LogP contribution >= 0.6 is 11.8 Å². The number of para-hydroxylation sites is 1. The van der Waals surface area contributed by atoms with Gasteiger partial charge in [-0.15, -0.1) is 0 Å².